The number of carbonyl (C=O) groups is 1. The number of benzene rings is 1. The van der Waals surface area contributed by atoms with Crippen LogP contribution in [0.5, 0.6) is 0 Å². The Bertz CT molecular complexity index is 1130. The number of aryl methyl sites for hydroxylation is 2. The fourth-order valence-corrected chi connectivity index (χ4v) is 4.64. The zero-order valence-corrected chi connectivity index (χ0v) is 18.6. The summed E-state index contributed by atoms with van der Waals surface area (Å²) >= 11 is 6.43. The van der Waals surface area contributed by atoms with Crippen LogP contribution in [0.15, 0.2) is 24.3 Å². The SMILES string of the molecule is Cc1nc(NC2CCC(NC(=O)C3CC3)CC2)c2c(C)nn(-c3ccccc3Cl)c2n1. The van der Waals surface area contributed by atoms with Gasteiger partial charge in [-0.3, -0.25) is 4.79 Å². The van der Waals surface area contributed by atoms with E-state index in [1.54, 1.807) is 4.68 Å². The van der Waals surface area contributed by atoms with Gasteiger partial charge in [0, 0.05) is 18.0 Å². The van der Waals surface area contributed by atoms with Crippen molar-refractivity contribution in [1.82, 2.24) is 25.1 Å². The lowest BCUT2D eigenvalue weighted by atomic mass is 9.91. The van der Waals surface area contributed by atoms with E-state index in [1.165, 1.54) is 0 Å². The summed E-state index contributed by atoms with van der Waals surface area (Å²) in [6.45, 7) is 3.87. The average molecular weight is 439 g/mol. The Balaban J connectivity index is 1.37. The van der Waals surface area contributed by atoms with Crippen molar-refractivity contribution in [3.8, 4) is 5.69 Å². The summed E-state index contributed by atoms with van der Waals surface area (Å²) < 4.78 is 1.80. The molecule has 0 bridgehead atoms. The first-order chi connectivity index (χ1) is 15.0. The molecule has 0 saturated heterocycles. The molecule has 2 saturated carbocycles. The van der Waals surface area contributed by atoms with Crippen LogP contribution in [0.3, 0.4) is 0 Å². The number of carbonyl (C=O) groups excluding carboxylic acids is 1. The number of amides is 1. The Labute approximate surface area is 186 Å². The van der Waals surface area contributed by atoms with Gasteiger partial charge in [-0.1, -0.05) is 23.7 Å². The molecule has 0 atom stereocenters. The van der Waals surface area contributed by atoms with E-state index >= 15 is 0 Å². The predicted octanol–water partition coefficient (Wildman–Crippen LogP) is 4.34. The second-order valence-corrected chi connectivity index (χ2v) is 9.15. The average Bonchev–Trinajstić information content (AvgIpc) is 3.54. The molecular formula is C23H27ClN6O. The van der Waals surface area contributed by atoms with Gasteiger partial charge < -0.3 is 10.6 Å². The Morgan fingerprint density at radius 3 is 2.45 bits per heavy atom. The van der Waals surface area contributed by atoms with Crippen molar-refractivity contribution in [3.63, 3.8) is 0 Å². The van der Waals surface area contributed by atoms with Crippen LogP contribution in [0, 0.1) is 19.8 Å². The standard InChI is InChI=1S/C23H27ClN6O/c1-13-20-21(27-16-9-11-17(12-10-16)28-23(31)15-7-8-15)25-14(2)26-22(20)30(29-13)19-6-4-3-5-18(19)24/h3-6,15-17H,7-12H2,1-2H3,(H,28,31)(H,25,26,27). The van der Waals surface area contributed by atoms with E-state index in [2.05, 4.69) is 15.6 Å². The van der Waals surface area contributed by atoms with Crippen LogP contribution in [-0.2, 0) is 4.79 Å². The van der Waals surface area contributed by atoms with Gasteiger partial charge in [0.05, 0.1) is 21.8 Å². The third-order valence-electron chi connectivity index (χ3n) is 6.26. The molecule has 2 heterocycles. The molecule has 31 heavy (non-hydrogen) atoms. The molecular weight excluding hydrogens is 412 g/mol. The highest BCUT2D eigenvalue weighted by Crippen LogP contribution is 2.32. The summed E-state index contributed by atoms with van der Waals surface area (Å²) in [6.07, 6.45) is 6.07. The second-order valence-electron chi connectivity index (χ2n) is 8.74. The largest absolute Gasteiger partial charge is 0.367 e. The third-order valence-corrected chi connectivity index (χ3v) is 6.58. The highest BCUT2D eigenvalue weighted by atomic mass is 35.5. The van der Waals surface area contributed by atoms with Crippen molar-refractivity contribution >= 4 is 34.4 Å². The molecule has 5 rings (SSSR count). The molecule has 162 valence electrons. The fraction of sp³-hybridized carbons (Fsp3) is 0.478. The Morgan fingerprint density at radius 1 is 1.03 bits per heavy atom. The molecule has 7 nitrogen and oxygen atoms in total. The van der Waals surface area contributed by atoms with Crippen LogP contribution in [0.4, 0.5) is 5.82 Å². The van der Waals surface area contributed by atoms with Crippen molar-refractivity contribution < 1.29 is 4.79 Å². The van der Waals surface area contributed by atoms with E-state index in [0.29, 0.717) is 22.9 Å². The molecule has 2 aliphatic carbocycles. The lowest BCUT2D eigenvalue weighted by Crippen LogP contribution is -2.40. The van der Waals surface area contributed by atoms with E-state index < -0.39 is 0 Å². The molecule has 2 fully saturated rings. The van der Waals surface area contributed by atoms with Crippen molar-refractivity contribution in [3.05, 3.63) is 40.8 Å². The number of aromatic nitrogens is 4. The molecule has 0 radical (unpaired) electrons. The van der Waals surface area contributed by atoms with E-state index in [9.17, 15) is 4.79 Å². The van der Waals surface area contributed by atoms with Crippen LogP contribution in [0.1, 0.15) is 50.0 Å². The maximum Gasteiger partial charge on any atom is 0.223 e. The predicted molar refractivity (Wildman–Crippen MR) is 122 cm³/mol. The molecule has 0 unspecified atom stereocenters. The summed E-state index contributed by atoms with van der Waals surface area (Å²) in [7, 11) is 0. The quantitative estimate of drug-likeness (QED) is 0.619. The highest BCUT2D eigenvalue weighted by Gasteiger charge is 2.32. The van der Waals surface area contributed by atoms with E-state index in [4.69, 9.17) is 21.7 Å². The van der Waals surface area contributed by atoms with Gasteiger partial charge in [-0.05, 0) is 64.5 Å². The first-order valence-corrected chi connectivity index (χ1v) is 11.4. The minimum atomic E-state index is 0.243. The first-order valence-electron chi connectivity index (χ1n) is 11.1. The number of anilines is 1. The normalized spacial score (nSPS) is 21.3. The summed E-state index contributed by atoms with van der Waals surface area (Å²) in [6, 6.07) is 8.25. The molecule has 2 aliphatic rings. The number of halogens is 1. The summed E-state index contributed by atoms with van der Waals surface area (Å²) in [5, 5.41) is 13.1. The van der Waals surface area contributed by atoms with Gasteiger partial charge in [0.15, 0.2) is 5.65 Å². The number of fused-ring (bicyclic) bond motifs is 1. The lowest BCUT2D eigenvalue weighted by molar-refractivity contribution is -0.123. The van der Waals surface area contributed by atoms with Crippen LogP contribution in [0.25, 0.3) is 16.7 Å². The molecule has 1 aromatic carbocycles. The Kier molecular flexibility index (Phi) is 5.30. The van der Waals surface area contributed by atoms with Crippen molar-refractivity contribution in [2.75, 3.05) is 5.32 Å². The number of rotatable bonds is 5. The molecule has 1 amide bonds. The maximum absolute atomic E-state index is 12.0. The van der Waals surface area contributed by atoms with Crippen LogP contribution in [-0.4, -0.2) is 37.7 Å². The lowest BCUT2D eigenvalue weighted by Gasteiger charge is -2.30. The van der Waals surface area contributed by atoms with Gasteiger partial charge in [-0.2, -0.15) is 5.10 Å². The van der Waals surface area contributed by atoms with Gasteiger partial charge in [0.1, 0.15) is 11.6 Å². The smallest absolute Gasteiger partial charge is 0.223 e. The van der Waals surface area contributed by atoms with Gasteiger partial charge in [-0.15, -0.1) is 0 Å². The maximum atomic E-state index is 12.0. The highest BCUT2D eigenvalue weighted by molar-refractivity contribution is 6.32. The van der Waals surface area contributed by atoms with Crippen LogP contribution < -0.4 is 10.6 Å². The fourth-order valence-electron chi connectivity index (χ4n) is 4.43. The monoisotopic (exact) mass is 438 g/mol. The van der Waals surface area contributed by atoms with Crippen LogP contribution in [0.2, 0.25) is 5.02 Å². The molecule has 2 N–H and O–H groups in total. The Hall–Kier alpha value is -2.67. The van der Waals surface area contributed by atoms with E-state index in [0.717, 1.165) is 66.8 Å². The molecule has 0 aliphatic heterocycles. The number of nitrogens with zero attached hydrogens (tertiary/aromatic N) is 4. The molecule has 2 aromatic heterocycles. The summed E-state index contributed by atoms with van der Waals surface area (Å²) in [5.74, 6) is 2.02. The minimum Gasteiger partial charge on any atom is -0.367 e. The summed E-state index contributed by atoms with van der Waals surface area (Å²) in [5.41, 5.74) is 2.42. The zero-order chi connectivity index (χ0) is 21.5. The number of hydrogen-bond donors (Lipinski definition) is 2. The van der Waals surface area contributed by atoms with Crippen molar-refractivity contribution in [1.29, 1.82) is 0 Å². The Morgan fingerprint density at radius 2 is 1.74 bits per heavy atom. The zero-order valence-electron chi connectivity index (χ0n) is 17.9. The van der Waals surface area contributed by atoms with Gasteiger partial charge in [0.25, 0.3) is 0 Å². The number of hydrogen-bond acceptors (Lipinski definition) is 5. The van der Waals surface area contributed by atoms with Crippen LogP contribution >= 0.6 is 11.6 Å². The van der Waals surface area contributed by atoms with Crippen molar-refractivity contribution in [2.24, 2.45) is 5.92 Å². The van der Waals surface area contributed by atoms with E-state index in [-0.39, 0.29) is 11.8 Å². The van der Waals surface area contributed by atoms with Gasteiger partial charge in [-0.25, -0.2) is 14.6 Å². The molecule has 3 aromatic rings. The third kappa shape index (κ3) is 4.11. The molecule has 0 spiro atoms. The number of para-hydroxylation sites is 1. The number of nitrogens with one attached hydrogen (secondary N) is 2. The minimum absolute atomic E-state index is 0.243. The summed E-state index contributed by atoms with van der Waals surface area (Å²) in [4.78, 5) is 21.4. The van der Waals surface area contributed by atoms with E-state index in [1.807, 2.05) is 38.1 Å². The van der Waals surface area contributed by atoms with Crippen molar-refractivity contribution in [2.45, 2.75) is 64.5 Å². The first kappa shape index (κ1) is 20.2. The van der Waals surface area contributed by atoms with Gasteiger partial charge in [0.2, 0.25) is 5.91 Å². The molecule has 8 heteroatoms. The van der Waals surface area contributed by atoms with Gasteiger partial charge >= 0.3 is 0 Å². The second kappa shape index (κ2) is 8.11. The topological polar surface area (TPSA) is 84.7 Å².